The molecule has 1 N–H and O–H groups in total. The van der Waals surface area contributed by atoms with Gasteiger partial charge in [0, 0.05) is 19.0 Å². The monoisotopic (exact) mass is 295 g/mol. The maximum Gasteiger partial charge on any atom is 0.413 e. The van der Waals surface area contributed by atoms with Crippen molar-refractivity contribution in [3.63, 3.8) is 0 Å². The minimum atomic E-state index is -0.549. The van der Waals surface area contributed by atoms with E-state index in [9.17, 15) is 9.59 Å². The van der Waals surface area contributed by atoms with Gasteiger partial charge in [-0.1, -0.05) is 0 Å². The maximum absolute atomic E-state index is 11.9. The Morgan fingerprint density at radius 3 is 2.48 bits per heavy atom. The number of nitrogens with one attached hydrogen (secondary N) is 1. The predicted molar refractivity (Wildman–Crippen MR) is 81.4 cm³/mol. The van der Waals surface area contributed by atoms with Crippen molar-refractivity contribution in [2.24, 2.45) is 7.05 Å². The van der Waals surface area contributed by atoms with Crippen molar-refractivity contribution in [3.05, 3.63) is 11.3 Å². The van der Waals surface area contributed by atoms with E-state index in [2.05, 4.69) is 10.4 Å². The zero-order valence-corrected chi connectivity index (χ0v) is 13.7. The minimum absolute atomic E-state index is 0.165. The molecule has 0 radical (unpaired) electrons. The zero-order chi connectivity index (χ0) is 16.2. The Bertz CT molecular complexity index is 527. The molecule has 0 atom stereocenters. The summed E-state index contributed by atoms with van der Waals surface area (Å²) in [6.07, 6.45) is 1.47. The van der Waals surface area contributed by atoms with E-state index < -0.39 is 11.7 Å². The number of ether oxygens (including phenoxy) is 1. The first-order valence-corrected chi connectivity index (χ1v) is 7.12. The zero-order valence-electron chi connectivity index (χ0n) is 13.7. The molecule has 0 unspecified atom stereocenters. The van der Waals surface area contributed by atoms with Gasteiger partial charge in [-0.3, -0.25) is 10.00 Å². The highest BCUT2D eigenvalue weighted by Gasteiger charge is 2.20. The summed E-state index contributed by atoms with van der Waals surface area (Å²) >= 11 is 0. The molecule has 0 bridgehead atoms. The second-order valence-corrected chi connectivity index (χ2v) is 6.22. The molecule has 0 saturated heterocycles. The van der Waals surface area contributed by atoms with Gasteiger partial charge in [0.1, 0.15) is 17.2 Å². The molecular weight excluding hydrogens is 270 g/mol. The lowest BCUT2D eigenvalue weighted by atomic mass is 10.1. The van der Waals surface area contributed by atoms with Crippen LogP contribution in [0.2, 0.25) is 0 Å². The Hall–Kier alpha value is -1.85. The largest absolute Gasteiger partial charge is 0.444 e. The van der Waals surface area contributed by atoms with E-state index in [4.69, 9.17) is 4.74 Å². The molecule has 21 heavy (non-hydrogen) atoms. The minimum Gasteiger partial charge on any atom is -0.444 e. The van der Waals surface area contributed by atoms with Crippen molar-refractivity contribution >= 4 is 17.7 Å². The molecule has 0 aliphatic rings. The summed E-state index contributed by atoms with van der Waals surface area (Å²) in [4.78, 5) is 22.9. The fourth-order valence-corrected chi connectivity index (χ4v) is 2.07. The summed E-state index contributed by atoms with van der Waals surface area (Å²) in [5.41, 5.74) is 1.25. The molecule has 1 heterocycles. The summed E-state index contributed by atoms with van der Waals surface area (Å²) in [6, 6.07) is 0. The van der Waals surface area contributed by atoms with Gasteiger partial charge in [0.2, 0.25) is 0 Å². The van der Waals surface area contributed by atoms with Crippen molar-refractivity contribution in [2.75, 3.05) is 5.32 Å². The third-order valence-corrected chi connectivity index (χ3v) is 2.92. The van der Waals surface area contributed by atoms with Crippen molar-refractivity contribution in [2.45, 2.75) is 59.5 Å². The number of hydrogen-bond donors (Lipinski definition) is 1. The smallest absolute Gasteiger partial charge is 0.413 e. The summed E-state index contributed by atoms with van der Waals surface area (Å²) < 4.78 is 6.89. The molecule has 0 fully saturated rings. The first-order chi connectivity index (χ1) is 9.60. The normalized spacial score (nSPS) is 11.3. The van der Waals surface area contributed by atoms with Gasteiger partial charge in [-0.25, -0.2) is 4.79 Å². The van der Waals surface area contributed by atoms with Crippen LogP contribution in [0.15, 0.2) is 0 Å². The van der Waals surface area contributed by atoms with Gasteiger partial charge in [0.15, 0.2) is 0 Å². The highest BCUT2D eigenvalue weighted by Crippen LogP contribution is 2.22. The van der Waals surface area contributed by atoms with Crippen LogP contribution in [0.25, 0.3) is 0 Å². The van der Waals surface area contributed by atoms with Crippen LogP contribution in [0.4, 0.5) is 10.6 Å². The van der Waals surface area contributed by atoms with Crippen molar-refractivity contribution in [3.8, 4) is 0 Å². The fourth-order valence-electron chi connectivity index (χ4n) is 2.07. The molecule has 1 amide bonds. The van der Waals surface area contributed by atoms with E-state index in [1.54, 1.807) is 18.7 Å². The molecule has 0 aliphatic heterocycles. The average Bonchev–Trinajstić information content (AvgIpc) is 2.52. The molecule has 6 nitrogen and oxygen atoms in total. The van der Waals surface area contributed by atoms with Gasteiger partial charge < -0.3 is 9.53 Å². The number of carbonyl (C=O) groups is 2. The van der Waals surface area contributed by atoms with E-state index in [0.29, 0.717) is 18.7 Å². The third-order valence-electron chi connectivity index (χ3n) is 2.92. The highest BCUT2D eigenvalue weighted by atomic mass is 16.6. The molecule has 1 rings (SSSR count). The molecular formula is C15H25N3O3. The van der Waals surface area contributed by atoms with Crippen LogP contribution >= 0.6 is 0 Å². The van der Waals surface area contributed by atoms with Crippen LogP contribution in [0.5, 0.6) is 0 Å². The molecule has 6 heteroatoms. The van der Waals surface area contributed by atoms with Crippen molar-refractivity contribution < 1.29 is 14.3 Å². The fraction of sp³-hybridized carbons (Fsp3) is 0.667. The van der Waals surface area contributed by atoms with Crippen LogP contribution in [0.1, 0.15) is 51.8 Å². The number of amides is 1. The molecule has 0 aromatic carbocycles. The number of aromatic nitrogens is 2. The molecule has 1 aromatic rings. The van der Waals surface area contributed by atoms with Gasteiger partial charge in [-0.2, -0.15) is 5.10 Å². The topological polar surface area (TPSA) is 73.2 Å². The first-order valence-electron chi connectivity index (χ1n) is 7.12. The Balaban J connectivity index is 2.81. The third kappa shape index (κ3) is 5.57. The van der Waals surface area contributed by atoms with Crippen LogP contribution in [-0.4, -0.2) is 27.3 Å². The van der Waals surface area contributed by atoms with E-state index >= 15 is 0 Å². The lowest BCUT2D eigenvalue weighted by Gasteiger charge is -2.20. The standard InChI is InChI=1S/C15H25N3O3/c1-10(19)8-7-9-12-11(2)17-18(6)13(12)16-14(20)21-15(3,4)5/h7-9H2,1-6H3,(H,16,20). The number of nitrogens with zero attached hydrogens (tertiary/aromatic N) is 2. The van der Waals surface area contributed by atoms with Crippen LogP contribution in [-0.2, 0) is 23.0 Å². The lowest BCUT2D eigenvalue weighted by Crippen LogP contribution is -2.28. The lowest BCUT2D eigenvalue weighted by molar-refractivity contribution is -0.117. The molecule has 0 spiro atoms. The number of rotatable bonds is 5. The highest BCUT2D eigenvalue weighted by molar-refractivity contribution is 5.85. The Kier molecular flexibility index (Phi) is 5.52. The Morgan fingerprint density at radius 1 is 1.33 bits per heavy atom. The molecule has 118 valence electrons. The number of Topliss-reactive ketones (excluding diaryl/α,β-unsaturated/α-hetero) is 1. The second-order valence-electron chi connectivity index (χ2n) is 6.22. The van der Waals surface area contributed by atoms with Gasteiger partial charge >= 0.3 is 6.09 Å². The van der Waals surface area contributed by atoms with Gasteiger partial charge in [0.25, 0.3) is 0 Å². The van der Waals surface area contributed by atoms with E-state index in [0.717, 1.165) is 17.7 Å². The van der Waals surface area contributed by atoms with Crippen LogP contribution in [0, 0.1) is 6.92 Å². The molecule has 1 aromatic heterocycles. The second kappa shape index (κ2) is 6.74. The SMILES string of the molecule is CC(=O)CCCc1c(C)nn(C)c1NC(=O)OC(C)(C)C. The predicted octanol–water partition coefficient (Wildman–Crippen LogP) is 2.99. The summed E-state index contributed by atoms with van der Waals surface area (Å²) in [5, 5.41) is 7.07. The Morgan fingerprint density at radius 2 is 1.95 bits per heavy atom. The summed E-state index contributed by atoms with van der Waals surface area (Å²) in [6.45, 7) is 8.91. The number of ketones is 1. The molecule has 0 aliphatic carbocycles. The maximum atomic E-state index is 11.9. The number of aryl methyl sites for hydroxylation is 2. The number of hydrogen-bond acceptors (Lipinski definition) is 4. The molecule has 0 saturated carbocycles. The average molecular weight is 295 g/mol. The quantitative estimate of drug-likeness (QED) is 0.906. The van der Waals surface area contributed by atoms with E-state index in [1.165, 1.54) is 0 Å². The first kappa shape index (κ1) is 17.2. The number of carbonyl (C=O) groups excluding carboxylic acids is 2. The van der Waals surface area contributed by atoms with Gasteiger partial charge in [-0.15, -0.1) is 0 Å². The van der Waals surface area contributed by atoms with Gasteiger partial charge in [-0.05, 0) is 47.5 Å². The van der Waals surface area contributed by atoms with Gasteiger partial charge in [0.05, 0.1) is 5.69 Å². The van der Waals surface area contributed by atoms with Crippen LogP contribution < -0.4 is 5.32 Å². The Labute approximate surface area is 125 Å². The van der Waals surface area contributed by atoms with Crippen LogP contribution in [0.3, 0.4) is 0 Å². The van der Waals surface area contributed by atoms with E-state index in [1.807, 2.05) is 27.7 Å². The van der Waals surface area contributed by atoms with Crippen molar-refractivity contribution in [1.82, 2.24) is 9.78 Å². The summed E-state index contributed by atoms with van der Waals surface area (Å²) in [5.74, 6) is 0.795. The number of anilines is 1. The van der Waals surface area contributed by atoms with E-state index in [-0.39, 0.29) is 5.78 Å². The summed E-state index contributed by atoms with van der Waals surface area (Å²) in [7, 11) is 1.77. The van der Waals surface area contributed by atoms with Crippen molar-refractivity contribution in [1.29, 1.82) is 0 Å².